The lowest BCUT2D eigenvalue weighted by Crippen LogP contribution is -2.29. The third kappa shape index (κ3) is 2.70. The highest BCUT2D eigenvalue weighted by Crippen LogP contribution is 2.29. The lowest BCUT2D eigenvalue weighted by molar-refractivity contribution is 0.0909. The summed E-state index contributed by atoms with van der Waals surface area (Å²) in [4.78, 5) is 12.7. The lowest BCUT2D eigenvalue weighted by atomic mass is 9.78. The zero-order valence-corrected chi connectivity index (χ0v) is 12.7. The normalized spacial score (nSPS) is 11.4. The number of carbonyl (C=O) groups is 1. The summed E-state index contributed by atoms with van der Waals surface area (Å²) >= 11 is 6.11. The van der Waals surface area contributed by atoms with Crippen LogP contribution in [0.5, 0.6) is 0 Å². The van der Waals surface area contributed by atoms with Crippen molar-refractivity contribution < 1.29 is 4.79 Å². The van der Waals surface area contributed by atoms with Crippen LogP contribution in [-0.4, -0.2) is 5.78 Å². The molecule has 2 aromatic rings. The van der Waals surface area contributed by atoms with Gasteiger partial charge in [-0.15, -0.1) is 0 Å². The maximum absolute atomic E-state index is 12.7. The first-order chi connectivity index (χ1) is 9.32. The first-order valence-corrected chi connectivity index (χ1v) is 6.87. The third-order valence-corrected chi connectivity index (χ3v) is 4.04. The number of hydrogen-bond acceptors (Lipinski definition) is 2. The van der Waals surface area contributed by atoms with E-state index < -0.39 is 5.41 Å². The molecule has 3 heteroatoms. The smallest absolute Gasteiger partial charge is 0.172 e. The fraction of sp³-hybridized carbons (Fsp3) is 0.235. The summed E-state index contributed by atoms with van der Waals surface area (Å²) in [6, 6.07) is 12.8. The fourth-order valence-electron chi connectivity index (χ4n) is 2.13. The molecule has 0 aliphatic heterocycles. The van der Waals surface area contributed by atoms with Crippen LogP contribution in [0.25, 0.3) is 0 Å². The van der Waals surface area contributed by atoms with Crippen molar-refractivity contribution in [3.05, 3.63) is 64.2 Å². The quantitative estimate of drug-likeness (QED) is 0.672. The second kappa shape index (κ2) is 5.29. The van der Waals surface area contributed by atoms with Gasteiger partial charge in [0.05, 0.1) is 5.41 Å². The zero-order valence-electron chi connectivity index (χ0n) is 11.9. The summed E-state index contributed by atoms with van der Waals surface area (Å²) in [6.45, 7) is 5.74. The Morgan fingerprint density at radius 1 is 1.10 bits per heavy atom. The molecular weight excluding hydrogens is 270 g/mol. The molecule has 0 spiro atoms. The van der Waals surface area contributed by atoms with Gasteiger partial charge in [0.25, 0.3) is 0 Å². The summed E-state index contributed by atoms with van der Waals surface area (Å²) in [7, 11) is 0. The average molecular weight is 288 g/mol. The van der Waals surface area contributed by atoms with Gasteiger partial charge in [-0.3, -0.25) is 4.79 Å². The van der Waals surface area contributed by atoms with Gasteiger partial charge in [-0.2, -0.15) is 0 Å². The van der Waals surface area contributed by atoms with Gasteiger partial charge in [-0.1, -0.05) is 35.9 Å². The summed E-state index contributed by atoms with van der Waals surface area (Å²) in [5.41, 5.74) is 8.29. The highest BCUT2D eigenvalue weighted by atomic mass is 35.5. The predicted octanol–water partition coefficient (Wildman–Crippen LogP) is 4.39. The number of halogens is 1. The molecule has 0 saturated carbocycles. The molecular formula is C17H18ClNO. The molecule has 0 unspecified atom stereocenters. The van der Waals surface area contributed by atoms with Crippen molar-refractivity contribution in [3.63, 3.8) is 0 Å². The summed E-state index contributed by atoms with van der Waals surface area (Å²) < 4.78 is 0. The number of rotatable bonds is 3. The molecule has 20 heavy (non-hydrogen) atoms. The van der Waals surface area contributed by atoms with E-state index in [9.17, 15) is 4.79 Å². The summed E-state index contributed by atoms with van der Waals surface area (Å²) in [5, 5.41) is 0.615. The van der Waals surface area contributed by atoms with E-state index in [2.05, 4.69) is 0 Å². The zero-order chi connectivity index (χ0) is 14.9. The minimum Gasteiger partial charge on any atom is -0.399 e. The number of carbonyl (C=O) groups excluding carboxylic acids is 1. The average Bonchev–Trinajstić information content (AvgIpc) is 2.41. The maximum atomic E-state index is 12.7. The van der Waals surface area contributed by atoms with Crippen LogP contribution in [0, 0.1) is 6.92 Å². The Hall–Kier alpha value is -1.80. The number of hydrogen-bond donors (Lipinski definition) is 1. The molecule has 0 amide bonds. The molecule has 0 radical (unpaired) electrons. The van der Waals surface area contributed by atoms with E-state index in [1.54, 1.807) is 6.07 Å². The van der Waals surface area contributed by atoms with Gasteiger partial charge >= 0.3 is 0 Å². The maximum Gasteiger partial charge on any atom is 0.172 e. The van der Waals surface area contributed by atoms with Crippen molar-refractivity contribution in [2.24, 2.45) is 0 Å². The Bertz CT molecular complexity index is 645. The molecule has 0 aliphatic carbocycles. The van der Waals surface area contributed by atoms with E-state index in [-0.39, 0.29) is 5.78 Å². The van der Waals surface area contributed by atoms with Gasteiger partial charge in [0.1, 0.15) is 0 Å². The number of nitrogen functional groups attached to an aromatic ring is 1. The first-order valence-electron chi connectivity index (χ1n) is 6.49. The van der Waals surface area contributed by atoms with E-state index in [0.717, 1.165) is 11.1 Å². The van der Waals surface area contributed by atoms with Crippen molar-refractivity contribution in [3.8, 4) is 0 Å². The molecule has 0 heterocycles. The summed E-state index contributed by atoms with van der Waals surface area (Å²) in [6.07, 6.45) is 0. The van der Waals surface area contributed by atoms with Crippen molar-refractivity contribution in [2.75, 3.05) is 5.73 Å². The van der Waals surface area contributed by atoms with Crippen LogP contribution in [-0.2, 0) is 5.41 Å². The van der Waals surface area contributed by atoms with Crippen LogP contribution < -0.4 is 5.73 Å². The van der Waals surface area contributed by atoms with Gasteiger partial charge in [0, 0.05) is 16.3 Å². The second-order valence-electron chi connectivity index (χ2n) is 5.54. The highest BCUT2D eigenvalue weighted by Gasteiger charge is 2.30. The second-order valence-corrected chi connectivity index (χ2v) is 5.95. The van der Waals surface area contributed by atoms with Crippen LogP contribution >= 0.6 is 11.6 Å². The molecule has 2 nitrogen and oxygen atoms in total. The predicted molar refractivity (Wildman–Crippen MR) is 84.4 cm³/mol. The molecule has 0 bridgehead atoms. The highest BCUT2D eigenvalue weighted by molar-refractivity contribution is 6.31. The molecule has 0 fully saturated rings. The molecule has 0 aromatic heterocycles. The van der Waals surface area contributed by atoms with E-state index >= 15 is 0 Å². The first kappa shape index (κ1) is 14.6. The molecule has 2 N–H and O–H groups in total. The number of Topliss-reactive ketones (excluding diaryl/α,β-unsaturated/α-hetero) is 1. The van der Waals surface area contributed by atoms with Crippen LogP contribution in [0.15, 0.2) is 42.5 Å². The van der Waals surface area contributed by atoms with Gasteiger partial charge in [0.2, 0.25) is 0 Å². The van der Waals surface area contributed by atoms with Crippen LogP contribution in [0.3, 0.4) is 0 Å². The summed E-state index contributed by atoms with van der Waals surface area (Å²) in [5.74, 6) is 0.0455. The van der Waals surface area contributed by atoms with Gasteiger partial charge in [-0.25, -0.2) is 0 Å². The van der Waals surface area contributed by atoms with Gasteiger partial charge < -0.3 is 5.73 Å². The lowest BCUT2D eigenvalue weighted by Gasteiger charge is -2.24. The Labute approximate surface area is 124 Å². The monoisotopic (exact) mass is 287 g/mol. The Kier molecular flexibility index (Phi) is 3.87. The van der Waals surface area contributed by atoms with E-state index in [1.807, 2.05) is 57.2 Å². The third-order valence-electron chi connectivity index (χ3n) is 3.63. The molecule has 2 aromatic carbocycles. The topological polar surface area (TPSA) is 43.1 Å². The van der Waals surface area contributed by atoms with E-state index in [1.165, 1.54) is 0 Å². The number of ketones is 1. The fourth-order valence-corrected chi connectivity index (χ4v) is 2.31. The van der Waals surface area contributed by atoms with Crippen molar-refractivity contribution in [1.29, 1.82) is 0 Å². The van der Waals surface area contributed by atoms with Gasteiger partial charge in [0.15, 0.2) is 5.78 Å². The van der Waals surface area contributed by atoms with Crippen LogP contribution in [0.4, 0.5) is 5.69 Å². The molecule has 2 rings (SSSR count). The molecule has 104 valence electrons. The van der Waals surface area contributed by atoms with E-state index in [4.69, 9.17) is 17.3 Å². The van der Waals surface area contributed by atoms with Gasteiger partial charge in [-0.05, 0) is 50.1 Å². The molecule has 0 atom stereocenters. The minimum absolute atomic E-state index is 0.0455. The van der Waals surface area contributed by atoms with Crippen molar-refractivity contribution >= 4 is 23.1 Å². The Morgan fingerprint density at radius 3 is 2.25 bits per heavy atom. The standard InChI is InChI=1S/C17H18ClNO/c1-11-4-5-12(10-15(11)18)16(20)17(2,3)13-6-8-14(19)9-7-13/h4-10H,19H2,1-3H3. The number of benzene rings is 2. The SMILES string of the molecule is Cc1ccc(C(=O)C(C)(C)c2ccc(N)cc2)cc1Cl. The number of nitrogens with two attached hydrogens (primary N) is 1. The van der Waals surface area contributed by atoms with Crippen molar-refractivity contribution in [2.45, 2.75) is 26.2 Å². The van der Waals surface area contributed by atoms with Crippen molar-refractivity contribution in [1.82, 2.24) is 0 Å². The van der Waals surface area contributed by atoms with E-state index in [0.29, 0.717) is 16.3 Å². The molecule has 0 aliphatic rings. The Morgan fingerprint density at radius 2 is 1.70 bits per heavy atom. The number of anilines is 1. The van der Waals surface area contributed by atoms with Crippen LogP contribution in [0.2, 0.25) is 5.02 Å². The molecule has 0 saturated heterocycles. The minimum atomic E-state index is -0.619. The number of aryl methyl sites for hydroxylation is 1. The Balaban J connectivity index is 2.39. The van der Waals surface area contributed by atoms with Crippen LogP contribution in [0.1, 0.15) is 35.3 Å². The largest absolute Gasteiger partial charge is 0.399 e.